The zero-order chi connectivity index (χ0) is 14.6. The third-order valence-corrected chi connectivity index (χ3v) is 2.24. The molecule has 2 rings (SSSR count). The molecule has 0 unspecified atom stereocenters. The van der Waals surface area contributed by atoms with Gasteiger partial charge in [-0.15, -0.1) is 13.2 Å². The number of para-hydroxylation sites is 1. The fraction of sp³-hybridized carbons (Fsp3) is 0.0769. The highest BCUT2D eigenvalue weighted by Crippen LogP contribution is 2.25. The van der Waals surface area contributed by atoms with Gasteiger partial charge in [-0.25, -0.2) is 0 Å². The van der Waals surface area contributed by atoms with Crippen molar-refractivity contribution in [3.63, 3.8) is 0 Å². The number of alkyl halides is 3. The van der Waals surface area contributed by atoms with Gasteiger partial charge in [0.05, 0.1) is 0 Å². The Balaban J connectivity index is 2.27. The van der Waals surface area contributed by atoms with Gasteiger partial charge in [-0.05, 0) is 24.3 Å². The van der Waals surface area contributed by atoms with Crippen LogP contribution in [0, 0.1) is 0 Å². The average molecular weight is 282 g/mol. The number of benzene rings is 1. The summed E-state index contributed by atoms with van der Waals surface area (Å²) in [7, 11) is 0. The third kappa shape index (κ3) is 3.25. The predicted molar refractivity (Wildman–Crippen MR) is 63.5 cm³/mol. The Labute approximate surface area is 112 Å². The summed E-state index contributed by atoms with van der Waals surface area (Å²) in [5, 5.41) is -0.648. The lowest BCUT2D eigenvalue weighted by atomic mass is 10.3. The summed E-state index contributed by atoms with van der Waals surface area (Å²) < 4.78 is 38.7. The molecule has 2 aromatic rings. The minimum absolute atomic E-state index is 0.103. The monoisotopic (exact) mass is 282 g/mol. The van der Waals surface area contributed by atoms with Crippen molar-refractivity contribution < 1.29 is 22.8 Å². The van der Waals surface area contributed by atoms with E-state index in [9.17, 15) is 18.0 Å². The summed E-state index contributed by atoms with van der Waals surface area (Å²) in [4.78, 5) is 20.0. The molecule has 1 heterocycles. The van der Waals surface area contributed by atoms with Crippen molar-refractivity contribution in [2.24, 2.45) is 0 Å². The largest absolute Gasteiger partial charge is 0.520 e. The van der Waals surface area contributed by atoms with E-state index in [-0.39, 0.29) is 11.4 Å². The molecule has 4 nitrogen and oxygen atoms in total. The molecule has 0 fully saturated rings. The number of pyridine rings is 1. The molecule has 0 aliphatic carbocycles. The minimum atomic E-state index is -4.98. The Morgan fingerprint density at radius 1 is 1.05 bits per heavy atom. The Hall–Kier alpha value is -2.57. The first-order chi connectivity index (χ1) is 9.48. The van der Waals surface area contributed by atoms with Crippen LogP contribution in [0.2, 0.25) is 0 Å². The molecule has 0 saturated heterocycles. The second kappa shape index (κ2) is 5.60. The molecule has 1 aromatic heterocycles. The molecule has 104 valence electrons. The topological polar surface area (TPSA) is 42.4 Å². The molecule has 0 atom stereocenters. The maximum absolute atomic E-state index is 12.9. The standard InChI is InChI=1S/C13H9F3N2O2/c14-13(15,16)18(20-10-6-2-1-3-7-10)12(19)11-8-4-5-9-17-11/h1-9H. The van der Waals surface area contributed by atoms with Gasteiger partial charge in [0, 0.05) is 6.20 Å². The summed E-state index contributed by atoms with van der Waals surface area (Å²) in [6.07, 6.45) is -3.76. The highest BCUT2D eigenvalue weighted by Gasteiger charge is 2.45. The van der Waals surface area contributed by atoms with E-state index in [1.165, 1.54) is 48.7 Å². The number of hydroxylamine groups is 2. The van der Waals surface area contributed by atoms with Crippen LogP contribution in [0.25, 0.3) is 0 Å². The molecule has 1 aromatic carbocycles. The Bertz CT molecular complexity index is 573. The number of nitrogens with zero attached hydrogens (tertiary/aromatic N) is 2. The van der Waals surface area contributed by atoms with Crippen LogP contribution < -0.4 is 4.84 Å². The first-order valence-corrected chi connectivity index (χ1v) is 5.54. The number of halogens is 3. The van der Waals surface area contributed by atoms with Crippen LogP contribution in [-0.2, 0) is 0 Å². The molecule has 0 N–H and O–H groups in total. The zero-order valence-electron chi connectivity index (χ0n) is 10.0. The molecule has 0 bridgehead atoms. The van der Waals surface area contributed by atoms with E-state index < -0.39 is 17.3 Å². The van der Waals surface area contributed by atoms with Crippen molar-refractivity contribution in [3.05, 3.63) is 60.4 Å². The van der Waals surface area contributed by atoms with Crippen LogP contribution in [0.5, 0.6) is 5.75 Å². The second-order valence-electron chi connectivity index (χ2n) is 3.69. The van der Waals surface area contributed by atoms with Crippen molar-refractivity contribution in [2.45, 2.75) is 6.30 Å². The molecule has 1 amide bonds. The Morgan fingerprint density at radius 2 is 1.70 bits per heavy atom. The molecular formula is C13H9F3N2O2. The molecule has 0 saturated carbocycles. The lowest BCUT2D eigenvalue weighted by Crippen LogP contribution is -2.45. The number of carbonyl (C=O) groups is 1. The number of aromatic nitrogens is 1. The van der Waals surface area contributed by atoms with E-state index in [0.717, 1.165) is 0 Å². The fourth-order valence-electron chi connectivity index (χ4n) is 1.39. The van der Waals surface area contributed by atoms with Gasteiger partial charge < -0.3 is 4.84 Å². The normalized spacial score (nSPS) is 10.9. The van der Waals surface area contributed by atoms with Crippen LogP contribution in [0.3, 0.4) is 0 Å². The van der Waals surface area contributed by atoms with Crippen LogP contribution >= 0.6 is 0 Å². The van der Waals surface area contributed by atoms with Crippen LogP contribution in [-0.4, -0.2) is 22.3 Å². The van der Waals surface area contributed by atoms with Gasteiger partial charge in [0.1, 0.15) is 5.69 Å². The molecular weight excluding hydrogens is 273 g/mol. The number of rotatable bonds is 3. The van der Waals surface area contributed by atoms with Crippen LogP contribution in [0.1, 0.15) is 10.5 Å². The lowest BCUT2D eigenvalue weighted by molar-refractivity contribution is -0.307. The van der Waals surface area contributed by atoms with E-state index in [1.807, 2.05) is 0 Å². The van der Waals surface area contributed by atoms with Gasteiger partial charge in [-0.1, -0.05) is 29.3 Å². The first-order valence-electron chi connectivity index (χ1n) is 5.54. The third-order valence-electron chi connectivity index (χ3n) is 2.24. The van der Waals surface area contributed by atoms with Crippen molar-refractivity contribution in [1.82, 2.24) is 10.0 Å². The highest BCUT2D eigenvalue weighted by atomic mass is 19.4. The van der Waals surface area contributed by atoms with Gasteiger partial charge in [0.2, 0.25) is 0 Å². The minimum Gasteiger partial charge on any atom is -0.369 e. The summed E-state index contributed by atoms with van der Waals surface area (Å²) in [5.74, 6) is -1.49. The van der Waals surface area contributed by atoms with E-state index >= 15 is 0 Å². The molecule has 0 radical (unpaired) electrons. The van der Waals surface area contributed by atoms with E-state index in [0.29, 0.717) is 0 Å². The molecule has 0 spiro atoms. The number of amides is 1. The van der Waals surface area contributed by atoms with Crippen LogP contribution in [0.4, 0.5) is 13.2 Å². The summed E-state index contributed by atoms with van der Waals surface area (Å²) in [5.41, 5.74) is -0.360. The Kier molecular flexibility index (Phi) is 3.88. The van der Waals surface area contributed by atoms with Gasteiger partial charge in [-0.2, -0.15) is 0 Å². The van der Waals surface area contributed by atoms with Crippen LogP contribution in [0.15, 0.2) is 54.7 Å². The van der Waals surface area contributed by atoms with Gasteiger partial charge in [0.25, 0.3) is 0 Å². The summed E-state index contributed by atoms with van der Waals surface area (Å²) >= 11 is 0. The molecule has 7 heteroatoms. The van der Waals surface area contributed by atoms with Gasteiger partial charge >= 0.3 is 12.2 Å². The quantitative estimate of drug-likeness (QED) is 0.642. The van der Waals surface area contributed by atoms with Crippen molar-refractivity contribution in [2.75, 3.05) is 0 Å². The van der Waals surface area contributed by atoms with Crippen molar-refractivity contribution in [3.8, 4) is 5.75 Å². The smallest absolute Gasteiger partial charge is 0.369 e. The zero-order valence-corrected chi connectivity index (χ0v) is 10.0. The maximum Gasteiger partial charge on any atom is 0.520 e. The fourth-order valence-corrected chi connectivity index (χ4v) is 1.39. The number of hydrogen-bond acceptors (Lipinski definition) is 3. The van der Waals surface area contributed by atoms with Gasteiger partial charge in [-0.3, -0.25) is 9.78 Å². The molecule has 20 heavy (non-hydrogen) atoms. The highest BCUT2D eigenvalue weighted by molar-refractivity contribution is 5.91. The predicted octanol–water partition coefficient (Wildman–Crippen LogP) is 3.04. The first kappa shape index (κ1) is 13.9. The summed E-state index contributed by atoms with van der Waals surface area (Å²) in [6, 6.07) is 11.3. The lowest BCUT2D eigenvalue weighted by Gasteiger charge is -2.23. The van der Waals surface area contributed by atoms with E-state index in [1.54, 1.807) is 6.07 Å². The average Bonchev–Trinajstić information content (AvgIpc) is 2.45. The van der Waals surface area contributed by atoms with Gasteiger partial charge in [0.15, 0.2) is 5.75 Å². The SMILES string of the molecule is O=C(c1ccccn1)N(Oc1ccccc1)C(F)(F)F. The summed E-state index contributed by atoms with van der Waals surface area (Å²) in [6.45, 7) is 0. The van der Waals surface area contributed by atoms with E-state index in [4.69, 9.17) is 0 Å². The van der Waals surface area contributed by atoms with Crippen molar-refractivity contribution >= 4 is 5.91 Å². The number of carbonyl (C=O) groups excluding carboxylic acids is 1. The molecule has 0 aliphatic rings. The maximum atomic E-state index is 12.9. The number of hydrogen-bond donors (Lipinski definition) is 0. The Morgan fingerprint density at radius 3 is 2.25 bits per heavy atom. The van der Waals surface area contributed by atoms with Crippen molar-refractivity contribution in [1.29, 1.82) is 0 Å². The second-order valence-corrected chi connectivity index (χ2v) is 3.69. The molecule has 0 aliphatic heterocycles. The van der Waals surface area contributed by atoms with E-state index in [2.05, 4.69) is 9.82 Å².